The molecule has 0 bridgehead atoms. The molecule has 0 aromatic heterocycles. The van der Waals surface area contributed by atoms with Gasteiger partial charge in [0.15, 0.2) is 11.6 Å². The topological polar surface area (TPSA) is 34.1 Å². The smallest absolute Gasteiger partial charge is 0.185 e. The fourth-order valence-corrected chi connectivity index (χ4v) is 2.13. The Labute approximate surface area is 137 Å². The van der Waals surface area contributed by atoms with E-state index in [2.05, 4.69) is 0 Å². The molecule has 2 aromatic carbocycles. The van der Waals surface area contributed by atoms with E-state index in [4.69, 9.17) is 0 Å². The van der Waals surface area contributed by atoms with Crippen molar-refractivity contribution in [2.75, 3.05) is 0 Å². The van der Waals surface area contributed by atoms with E-state index < -0.39 is 0 Å². The molecule has 0 heterocycles. The number of unbranched alkanes of at least 4 members (excludes halogenated alkanes) is 2. The van der Waals surface area contributed by atoms with Crippen LogP contribution in [-0.2, 0) is 0 Å². The molecule has 0 amide bonds. The van der Waals surface area contributed by atoms with E-state index >= 15 is 0 Å². The SMILES string of the molecule is O=C(C=CCCCC=CC(=O)c1ccccc1)c1ccccc1. The zero-order valence-electron chi connectivity index (χ0n) is 13.0. The van der Waals surface area contributed by atoms with Crippen molar-refractivity contribution in [1.29, 1.82) is 0 Å². The molecule has 0 saturated heterocycles. The van der Waals surface area contributed by atoms with Crippen LogP contribution in [0.3, 0.4) is 0 Å². The zero-order valence-corrected chi connectivity index (χ0v) is 13.0. The largest absolute Gasteiger partial charge is 0.289 e. The van der Waals surface area contributed by atoms with Gasteiger partial charge in [-0.05, 0) is 31.4 Å². The lowest BCUT2D eigenvalue weighted by Gasteiger charge is -1.95. The highest BCUT2D eigenvalue weighted by Crippen LogP contribution is 2.05. The van der Waals surface area contributed by atoms with Gasteiger partial charge in [-0.15, -0.1) is 0 Å². The number of ketones is 2. The maximum absolute atomic E-state index is 11.8. The first-order valence-electron chi connectivity index (χ1n) is 7.79. The maximum atomic E-state index is 11.8. The van der Waals surface area contributed by atoms with E-state index in [0.29, 0.717) is 11.1 Å². The molecule has 0 N–H and O–H groups in total. The van der Waals surface area contributed by atoms with E-state index in [0.717, 1.165) is 19.3 Å². The van der Waals surface area contributed by atoms with Gasteiger partial charge in [-0.2, -0.15) is 0 Å². The molecule has 2 aromatic rings. The summed E-state index contributed by atoms with van der Waals surface area (Å²) in [5, 5.41) is 0. The lowest BCUT2D eigenvalue weighted by molar-refractivity contribution is 0.103. The molecule has 0 spiro atoms. The van der Waals surface area contributed by atoms with E-state index in [-0.39, 0.29) is 11.6 Å². The third kappa shape index (κ3) is 5.87. The van der Waals surface area contributed by atoms with Gasteiger partial charge in [-0.25, -0.2) is 0 Å². The second-order valence-corrected chi connectivity index (χ2v) is 5.20. The average Bonchev–Trinajstić information content (AvgIpc) is 2.62. The summed E-state index contributed by atoms with van der Waals surface area (Å²) >= 11 is 0. The minimum Gasteiger partial charge on any atom is -0.289 e. The van der Waals surface area contributed by atoms with Crippen LogP contribution >= 0.6 is 0 Å². The molecule has 116 valence electrons. The summed E-state index contributed by atoms with van der Waals surface area (Å²) in [7, 11) is 0. The summed E-state index contributed by atoms with van der Waals surface area (Å²) < 4.78 is 0. The van der Waals surface area contributed by atoms with Crippen molar-refractivity contribution in [3.05, 3.63) is 96.1 Å². The normalized spacial score (nSPS) is 11.1. The molecular formula is C21H20O2. The third-order valence-corrected chi connectivity index (χ3v) is 3.40. The molecule has 0 atom stereocenters. The molecule has 2 heteroatoms. The van der Waals surface area contributed by atoms with E-state index in [1.807, 2.05) is 72.8 Å². The van der Waals surface area contributed by atoms with Gasteiger partial charge < -0.3 is 0 Å². The standard InChI is InChI=1S/C21H20O2/c22-20(18-12-6-4-7-13-18)16-10-2-1-3-11-17-21(23)19-14-8-5-9-15-19/h4-17H,1-3H2. The number of hydrogen-bond acceptors (Lipinski definition) is 2. The Hall–Kier alpha value is -2.74. The van der Waals surface area contributed by atoms with E-state index in [1.165, 1.54) is 0 Å². The Morgan fingerprint density at radius 3 is 1.43 bits per heavy atom. The van der Waals surface area contributed by atoms with Crippen molar-refractivity contribution in [3.8, 4) is 0 Å². The molecule has 0 unspecified atom stereocenters. The second-order valence-electron chi connectivity index (χ2n) is 5.20. The lowest BCUT2D eigenvalue weighted by Crippen LogP contribution is -1.93. The summed E-state index contributed by atoms with van der Waals surface area (Å²) in [6.45, 7) is 0. The van der Waals surface area contributed by atoms with Crippen LogP contribution in [0.2, 0.25) is 0 Å². The number of rotatable bonds is 8. The highest BCUT2D eigenvalue weighted by atomic mass is 16.1. The Kier molecular flexibility index (Phi) is 6.73. The van der Waals surface area contributed by atoms with Crippen LogP contribution in [0.25, 0.3) is 0 Å². The molecule has 0 radical (unpaired) electrons. The van der Waals surface area contributed by atoms with Crippen molar-refractivity contribution in [2.45, 2.75) is 19.3 Å². The molecule has 0 fully saturated rings. The average molecular weight is 304 g/mol. The van der Waals surface area contributed by atoms with Crippen LogP contribution in [0.5, 0.6) is 0 Å². The Balaban J connectivity index is 1.68. The summed E-state index contributed by atoms with van der Waals surface area (Å²) in [6, 6.07) is 18.5. The summed E-state index contributed by atoms with van der Waals surface area (Å²) in [6.07, 6.45) is 9.58. The molecule has 0 aliphatic heterocycles. The minimum absolute atomic E-state index is 0.0281. The third-order valence-electron chi connectivity index (χ3n) is 3.40. The number of allylic oxidation sites excluding steroid dienone is 4. The molecular weight excluding hydrogens is 284 g/mol. The van der Waals surface area contributed by atoms with Crippen LogP contribution in [0.1, 0.15) is 40.0 Å². The van der Waals surface area contributed by atoms with Crippen LogP contribution in [0.15, 0.2) is 85.0 Å². The first kappa shape index (κ1) is 16.6. The quantitative estimate of drug-likeness (QED) is 0.389. The summed E-state index contributed by atoms with van der Waals surface area (Å²) in [5.41, 5.74) is 1.41. The first-order chi connectivity index (χ1) is 11.3. The fourth-order valence-electron chi connectivity index (χ4n) is 2.13. The van der Waals surface area contributed by atoms with Crippen LogP contribution in [-0.4, -0.2) is 11.6 Å². The predicted octanol–water partition coefficient (Wildman–Crippen LogP) is 5.03. The fraction of sp³-hybridized carbons (Fsp3) is 0.143. The van der Waals surface area contributed by atoms with Gasteiger partial charge >= 0.3 is 0 Å². The van der Waals surface area contributed by atoms with Crippen molar-refractivity contribution in [2.24, 2.45) is 0 Å². The Morgan fingerprint density at radius 1 is 0.652 bits per heavy atom. The van der Waals surface area contributed by atoms with Gasteiger partial charge in [0.05, 0.1) is 0 Å². The molecule has 23 heavy (non-hydrogen) atoms. The van der Waals surface area contributed by atoms with E-state index in [9.17, 15) is 9.59 Å². The number of hydrogen-bond donors (Lipinski definition) is 0. The summed E-state index contributed by atoms with van der Waals surface area (Å²) in [4.78, 5) is 23.7. The minimum atomic E-state index is 0.0281. The molecule has 0 aliphatic carbocycles. The van der Waals surface area contributed by atoms with Crippen molar-refractivity contribution in [3.63, 3.8) is 0 Å². The number of benzene rings is 2. The van der Waals surface area contributed by atoms with Crippen molar-refractivity contribution in [1.82, 2.24) is 0 Å². The van der Waals surface area contributed by atoms with Crippen molar-refractivity contribution < 1.29 is 9.59 Å². The van der Waals surface area contributed by atoms with Gasteiger partial charge in [0.2, 0.25) is 0 Å². The molecule has 0 aliphatic rings. The second kappa shape index (κ2) is 9.31. The maximum Gasteiger partial charge on any atom is 0.185 e. The molecule has 0 saturated carbocycles. The van der Waals surface area contributed by atoms with Crippen LogP contribution < -0.4 is 0 Å². The van der Waals surface area contributed by atoms with Crippen LogP contribution in [0.4, 0.5) is 0 Å². The molecule has 2 rings (SSSR count). The highest BCUT2D eigenvalue weighted by Gasteiger charge is 1.99. The number of carbonyl (C=O) groups is 2. The van der Waals surface area contributed by atoms with E-state index in [1.54, 1.807) is 12.2 Å². The highest BCUT2D eigenvalue weighted by molar-refractivity contribution is 6.04. The lowest BCUT2D eigenvalue weighted by atomic mass is 10.1. The van der Waals surface area contributed by atoms with Gasteiger partial charge in [0.1, 0.15) is 0 Å². The van der Waals surface area contributed by atoms with Crippen molar-refractivity contribution >= 4 is 11.6 Å². The van der Waals surface area contributed by atoms with Gasteiger partial charge in [-0.1, -0.05) is 72.8 Å². The predicted molar refractivity (Wildman–Crippen MR) is 93.7 cm³/mol. The number of carbonyl (C=O) groups excluding carboxylic acids is 2. The summed E-state index contributed by atoms with van der Waals surface area (Å²) in [5.74, 6) is 0.0563. The van der Waals surface area contributed by atoms with Gasteiger partial charge in [0, 0.05) is 11.1 Å². The zero-order chi connectivity index (χ0) is 16.3. The Bertz CT molecular complexity index is 621. The monoisotopic (exact) mass is 304 g/mol. The van der Waals surface area contributed by atoms with Crippen LogP contribution in [0, 0.1) is 0 Å². The van der Waals surface area contributed by atoms with Gasteiger partial charge in [0.25, 0.3) is 0 Å². The van der Waals surface area contributed by atoms with Gasteiger partial charge in [-0.3, -0.25) is 9.59 Å². The first-order valence-corrected chi connectivity index (χ1v) is 7.79. The Morgan fingerprint density at radius 2 is 1.04 bits per heavy atom. The molecule has 2 nitrogen and oxygen atoms in total.